The van der Waals surface area contributed by atoms with Crippen molar-refractivity contribution in [3.05, 3.63) is 28.7 Å². The highest BCUT2D eigenvalue weighted by Crippen LogP contribution is 2.27. The third-order valence-corrected chi connectivity index (χ3v) is 2.87. The molecule has 0 radical (unpaired) electrons. The van der Waals surface area contributed by atoms with Crippen LogP contribution in [-0.2, 0) is 0 Å². The SMILES string of the molecule is CN(CC(C)(C)C#N)c1ccccc1Br. The van der Waals surface area contributed by atoms with Gasteiger partial charge in [0, 0.05) is 18.1 Å². The number of para-hydroxylation sites is 1. The summed E-state index contributed by atoms with van der Waals surface area (Å²) in [5.74, 6) is 0. The van der Waals surface area contributed by atoms with Crippen LogP contribution < -0.4 is 4.90 Å². The molecule has 0 spiro atoms. The van der Waals surface area contributed by atoms with Crippen molar-refractivity contribution in [2.45, 2.75) is 13.8 Å². The van der Waals surface area contributed by atoms with E-state index in [0.717, 1.165) is 10.2 Å². The lowest BCUT2D eigenvalue weighted by Crippen LogP contribution is -2.30. The third-order valence-electron chi connectivity index (χ3n) is 2.20. The van der Waals surface area contributed by atoms with Gasteiger partial charge in [-0.2, -0.15) is 5.26 Å². The van der Waals surface area contributed by atoms with Gasteiger partial charge in [-0.3, -0.25) is 0 Å². The minimum Gasteiger partial charge on any atom is -0.372 e. The van der Waals surface area contributed by atoms with Crippen LogP contribution in [-0.4, -0.2) is 13.6 Å². The Morgan fingerprint density at radius 3 is 2.53 bits per heavy atom. The first kappa shape index (κ1) is 12.1. The summed E-state index contributed by atoms with van der Waals surface area (Å²) >= 11 is 3.50. The fourth-order valence-electron chi connectivity index (χ4n) is 1.47. The molecular weight excluding hydrogens is 252 g/mol. The number of nitrogens with zero attached hydrogens (tertiary/aromatic N) is 2. The van der Waals surface area contributed by atoms with Crippen LogP contribution in [0.4, 0.5) is 5.69 Å². The van der Waals surface area contributed by atoms with Crippen molar-refractivity contribution in [2.75, 3.05) is 18.5 Å². The molecule has 0 atom stereocenters. The zero-order valence-electron chi connectivity index (χ0n) is 9.29. The van der Waals surface area contributed by atoms with E-state index in [0.29, 0.717) is 6.54 Å². The van der Waals surface area contributed by atoms with E-state index in [-0.39, 0.29) is 5.41 Å². The maximum Gasteiger partial charge on any atom is 0.0702 e. The molecule has 2 nitrogen and oxygen atoms in total. The van der Waals surface area contributed by atoms with Gasteiger partial charge in [0.2, 0.25) is 0 Å². The summed E-state index contributed by atoms with van der Waals surface area (Å²) in [6.07, 6.45) is 0. The Morgan fingerprint density at radius 2 is 2.00 bits per heavy atom. The lowest BCUT2D eigenvalue weighted by Gasteiger charge is -2.27. The zero-order valence-corrected chi connectivity index (χ0v) is 10.9. The Morgan fingerprint density at radius 1 is 1.40 bits per heavy atom. The van der Waals surface area contributed by atoms with Crippen molar-refractivity contribution in [1.82, 2.24) is 0 Å². The molecule has 80 valence electrons. The summed E-state index contributed by atoms with van der Waals surface area (Å²) in [7, 11) is 2.00. The highest BCUT2D eigenvalue weighted by Gasteiger charge is 2.20. The molecule has 3 heteroatoms. The van der Waals surface area contributed by atoms with Crippen LogP contribution in [0.3, 0.4) is 0 Å². The molecule has 0 aliphatic rings. The second kappa shape index (κ2) is 4.67. The standard InChI is InChI=1S/C12H15BrN2/c1-12(2,8-14)9-15(3)11-7-5-4-6-10(11)13/h4-7H,9H2,1-3H3. The maximum absolute atomic E-state index is 8.97. The largest absolute Gasteiger partial charge is 0.372 e. The monoisotopic (exact) mass is 266 g/mol. The molecule has 0 saturated heterocycles. The van der Waals surface area contributed by atoms with E-state index in [1.165, 1.54) is 0 Å². The van der Waals surface area contributed by atoms with Crippen molar-refractivity contribution < 1.29 is 0 Å². The molecule has 0 saturated carbocycles. The molecule has 0 N–H and O–H groups in total. The van der Waals surface area contributed by atoms with Crippen molar-refractivity contribution in [2.24, 2.45) is 5.41 Å². The first-order chi connectivity index (χ1) is 6.96. The van der Waals surface area contributed by atoms with E-state index < -0.39 is 0 Å². The van der Waals surface area contributed by atoms with Gasteiger partial charge < -0.3 is 4.90 Å². The summed E-state index contributed by atoms with van der Waals surface area (Å²) in [5, 5.41) is 8.97. The molecular formula is C12H15BrN2. The minimum absolute atomic E-state index is 0.329. The minimum atomic E-state index is -0.329. The van der Waals surface area contributed by atoms with Crippen LogP contribution in [0.25, 0.3) is 0 Å². The summed E-state index contributed by atoms with van der Waals surface area (Å²) in [6, 6.07) is 10.3. The Hall–Kier alpha value is -1.01. The summed E-state index contributed by atoms with van der Waals surface area (Å²) in [4.78, 5) is 2.09. The molecule has 0 bridgehead atoms. The van der Waals surface area contributed by atoms with Gasteiger partial charge in [0.25, 0.3) is 0 Å². The zero-order chi connectivity index (χ0) is 11.5. The first-order valence-corrected chi connectivity index (χ1v) is 5.62. The second-order valence-corrected chi connectivity index (χ2v) is 5.16. The van der Waals surface area contributed by atoms with E-state index in [4.69, 9.17) is 5.26 Å². The predicted octanol–water partition coefficient (Wildman–Crippen LogP) is 3.44. The molecule has 0 aliphatic carbocycles. The molecule has 0 unspecified atom stereocenters. The average Bonchev–Trinajstić information content (AvgIpc) is 2.17. The van der Waals surface area contributed by atoms with E-state index in [2.05, 4.69) is 26.9 Å². The normalized spacial score (nSPS) is 10.9. The van der Waals surface area contributed by atoms with Crippen molar-refractivity contribution >= 4 is 21.6 Å². The van der Waals surface area contributed by atoms with Crippen LogP contribution in [0.5, 0.6) is 0 Å². The van der Waals surface area contributed by atoms with Crippen LogP contribution >= 0.6 is 15.9 Å². The van der Waals surface area contributed by atoms with E-state index in [9.17, 15) is 0 Å². The van der Waals surface area contributed by atoms with Crippen LogP contribution in [0.2, 0.25) is 0 Å². The third kappa shape index (κ3) is 3.24. The molecule has 0 heterocycles. The van der Waals surface area contributed by atoms with Gasteiger partial charge in [-0.25, -0.2) is 0 Å². The number of benzene rings is 1. The molecule has 0 fully saturated rings. The summed E-state index contributed by atoms with van der Waals surface area (Å²) in [6.45, 7) is 4.60. The number of nitriles is 1. The smallest absolute Gasteiger partial charge is 0.0702 e. The van der Waals surface area contributed by atoms with Gasteiger partial charge in [-0.15, -0.1) is 0 Å². The van der Waals surface area contributed by atoms with Crippen molar-refractivity contribution in [3.63, 3.8) is 0 Å². The average molecular weight is 267 g/mol. The van der Waals surface area contributed by atoms with Crippen molar-refractivity contribution in [1.29, 1.82) is 5.26 Å². The second-order valence-electron chi connectivity index (χ2n) is 4.30. The summed E-state index contributed by atoms with van der Waals surface area (Å²) < 4.78 is 1.06. The van der Waals surface area contributed by atoms with Crippen LogP contribution in [0.1, 0.15) is 13.8 Å². The number of anilines is 1. The molecule has 0 aromatic heterocycles. The summed E-state index contributed by atoms with van der Waals surface area (Å²) in [5.41, 5.74) is 0.783. The lowest BCUT2D eigenvalue weighted by molar-refractivity contribution is 0.497. The van der Waals surface area contributed by atoms with Gasteiger partial charge in [0.05, 0.1) is 17.2 Å². The van der Waals surface area contributed by atoms with Gasteiger partial charge in [-0.05, 0) is 41.9 Å². The quantitative estimate of drug-likeness (QED) is 0.838. The lowest BCUT2D eigenvalue weighted by atomic mass is 9.95. The van der Waals surface area contributed by atoms with Gasteiger partial charge in [-0.1, -0.05) is 12.1 Å². The Bertz CT molecular complexity index is 379. The topological polar surface area (TPSA) is 27.0 Å². The number of halogens is 1. The molecule has 0 aliphatic heterocycles. The number of hydrogen-bond acceptors (Lipinski definition) is 2. The van der Waals surface area contributed by atoms with Crippen LogP contribution in [0, 0.1) is 16.7 Å². The molecule has 1 rings (SSSR count). The Kier molecular flexibility index (Phi) is 3.76. The fraction of sp³-hybridized carbons (Fsp3) is 0.417. The van der Waals surface area contributed by atoms with Gasteiger partial charge >= 0.3 is 0 Å². The number of rotatable bonds is 3. The van der Waals surface area contributed by atoms with Crippen molar-refractivity contribution in [3.8, 4) is 6.07 Å². The molecule has 1 aromatic carbocycles. The predicted molar refractivity (Wildman–Crippen MR) is 66.8 cm³/mol. The van der Waals surface area contributed by atoms with E-state index in [1.54, 1.807) is 0 Å². The maximum atomic E-state index is 8.97. The Balaban J connectivity index is 2.83. The fourth-order valence-corrected chi connectivity index (χ4v) is 2.06. The highest BCUT2D eigenvalue weighted by molar-refractivity contribution is 9.10. The van der Waals surface area contributed by atoms with E-state index >= 15 is 0 Å². The highest BCUT2D eigenvalue weighted by atomic mass is 79.9. The number of hydrogen-bond donors (Lipinski definition) is 0. The first-order valence-electron chi connectivity index (χ1n) is 4.83. The molecule has 1 aromatic rings. The van der Waals surface area contributed by atoms with Crippen LogP contribution in [0.15, 0.2) is 28.7 Å². The molecule has 0 amide bonds. The Labute approximate surface area is 99.6 Å². The van der Waals surface area contributed by atoms with Gasteiger partial charge in [0.1, 0.15) is 0 Å². The van der Waals surface area contributed by atoms with Gasteiger partial charge in [0.15, 0.2) is 0 Å². The molecule has 15 heavy (non-hydrogen) atoms. The van der Waals surface area contributed by atoms with E-state index in [1.807, 2.05) is 45.2 Å².